The Labute approximate surface area is 204 Å². The number of halogens is 2. The van der Waals surface area contributed by atoms with Gasteiger partial charge >= 0.3 is 0 Å². The number of hydrogen-bond acceptors (Lipinski definition) is 9. The quantitative estimate of drug-likeness (QED) is 0.539. The van der Waals surface area contributed by atoms with Crippen LogP contribution in [0.2, 0.25) is 10.0 Å². The SMILES string of the molecule is O=S1CCN(c2nc(N3CCNCC3)nc3c(NCc4ccc(Cl)c(Cl)c4)ncnc23)CC1. The van der Waals surface area contributed by atoms with E-state index >= 15 is 0 Å². The van der Waals surface area contributed by atoms with Gasteiger partial charge in [0.15, 0.2) is 11.6 Å². The Morgan fingerprint density at radius 3 is 2.52 bits per heavy atom. The van der Waals surface area contributed by atoms with E-state index in [0.29, 0.717) is 64.0 Å². The van der Waals surface area contributed by atoms with E-state index in [4.69, 9.17) is 33.2 Å². The van der Waals surface area contributed by atoms with Crippen molar-refractivity contribution >= 4 is 62.6 Å². The van der Waals surface area contributed by atoms with Crippen LogP contribution in [-0.2, 0) is 17.3 Å². The standard InChI is InChI=1S/C21H24Cl2N8OS/c22-15-2-1-14(11-16(15)23)12-25-19-17-18(26-13-27-19)20(30-7-9-33(32)10-8-30)29-21(28-17)31-5-3-24-4-6-31/h1-2,11,13,24H,3-10,12H2,(H,25,26,27). The zero-order valence-electron chi connectivity index (χ0n) is 17.9. The van der Waals surface area contributed by atoms with E-state index in [2.05, 4.69) is 30.4 Å². The van der Waals surface area contributed by atoms with Crippen LogP contribution >= 0.6 is 23.2 Å². The summed E-state index contributed by atoms with van der Waals surface area (Å²) in [6.45, 7) is 5.28. The van der Waals surface area contributed by atoms with Crippen LogP contribution < -0.4 is 20.4 Å². The fourth-order valence-electron chi connectivity index (χ4n) is 3.96. The monoisotopic (exact) mass is 506 g/mol. The molecule has 174 valence electrons. The van der Waals surface area contributed by atoms with Gasteiger partial charge in [0.25, 0.3) is 0 Å². The number of nitrogens with zero attached hydrogens (tertiary/aromatic N) is 6. The van der Waals surface area contributed by atoms with Gasteiger partial charge in [-0.2, -0.15) is 4.98 Å². The molecular weight excluding hydrogens is 483 g/mol. The van der Waals surface area contributed by atoms with Crippen molar-refractivity contribution < 1.29 is 4.21 Å². The molecule has 2 fully saturated rings. The lowest BCUT2D eigenvalue weighted by Crippen LogP contribution is -2.44. The molecule has 5 rings (SSSR count). The van der Waals surface area contributed by atoms with Crippen LogP contribution in [0.1, 0.15) is 5.56 Å². The van der Waals surface area contributed by atoms with Crippen molar-refractivity contribution in [2.75, 3.05) is 65.9 Å². The Bertz CT molecular complexity index is 1180. The topological polar surface area (TPSA) is 99.2 Å². The molecule has 2 aromatic heterocycles. The van der Waals surface area contributed by atoms with E-state index in [1.165, 1.54) is 6.33 Å². The maximum atomic E-state index is 11.9. The van der Waals surface area contributed by atoms with Crippen LogP contribution in [0.3, 0.4) is 0 Å². The van der Waals surface area contributed by atoms with Crippen molar-refractivity contribution in [2.24, 2.45) is 0 Å². The Balaban J connectivity index is 1.52. The first kappa shape index (κ1) is 22.5. The summed E-state index contributed by atoms with van der Waals surface area (Å²) >= 11 is 12.2. The Kier molecular flexibility index (Phi) is 6.77. The summed E-state index contributed by atoms with van der Waals surface area (Å²) < 4.78 is 11.9. The Morgan fingerprint density at radius 1 is 0.970 bits per heavy atom. The smallest absolute Gasteiger partial charge is 0.228 e. The summed E-state index contributed by atoms with van der Waals surface area (Å²) in [4.78, 5) is 23.2. The van der Waals surface area contributed by atoms with Gasteiger partial charge in [-0.1, -0.05) is 29.3 Å². The van der Waals surface area contributed by atoms with E-state index in [0.717, 1.165) is 37.6 Å². The minimum Gasteiger partial charge on any atom is -0.364 e. The largest absolute Gasteiger partial charge is 0.364 e. The van der Waals surface area contributed by atoms with Crippen LogP contribution in [0.25, 0.3) is 11.0 Å². The molecule has 0 spiro atoms. The third-order valence-corrected chi connectivity index (χ3v) is 7.79. The van der Waals surface area contributed by atoms with Crippen molar-refractivity contribution in [1.29, 1.82) is 0 Å². The Morgan fingerprint density at radius 2 is 1.76 bits per heavy atom. The van der Waals surface area contributed by atoms with Gasteiger partial charge in [-0.15, -0.1) is 0 Å². The molecule has 9 nitrogen and oxygen atoms in total. The summed E-state index contributed by atoms with van der Waals surface area (Å²) in [6, 6.07) is 5.54. The second-order valence-electron chi connectivity index (χ2n) is 7.94. The molecule has 0 radical (unpaired) electrons. The summed E-state index contributed by atoms with van der Waals surface area (Å²) in [5, 5.41) is 7.77. The number of nitrogens with one attached hydrogen (secondary N) is 2. The van der Waals surface area contributed by atoms with Gasteiger partial charge in [-0.05, 0) is 17.7 Å². The van der Waals surface area contributed by atoms with Crippen molar-refractivity contribution in [1.82, 2.24) is 25.3 Å². The first-order valence-corrected chi connectivity index (χ1v) is 13.1. The molecule has 0 atom stereocenters. The summed E-state index contributed by atoms with van der Waals surface area (Å²) in [7, 11) is -0.779. The van der Waals surface area contributed by atoms with E-state index in [1.807, 2.05) is 12.1 Å². The van der Waals surface area contributed by atoms with Crippen LogP contribution in [-0.4, -0.2) is 74.9 Å². The van der Waals surface area contributed by atoms with Crippen molar-refractivity contribution in [2.45, 2.75) is 6.54 Å². The molecule has 1 aromatic carbocycles. The molecule has 2 aliphatic rings. The van der Waals surface area contributed by atoms with E-state index < -0.39 is 10.8 Å². The number of anilines is 3. The highest BCUT2D eigenvalue weighted by molar-refractivity contribution is 7.85. The summed E-state index contributed by atoms with van der Waals surface area (Å²) in [5.41, 5.74) is 2.34. The third kappa shape index (κ3) is 4.98. The van der Waals surface area contributed by atoms with Crippen molar-refractivity contribution in [3.8, 4) is 0 Å². The fourth-order valence-corrected chi connectivity index (χ4v) is 5.34. The minimum absolute atomic E-state index is 0.508. The molecule has 0 saturated carbocycles. The molecule has 33 heavy (non-hydrogen) atoms. The average molecular weight is 507 g/mol. The van der Waals surface area contributed by atoms with Gasteiger partial charge in [-0.25, -0.2) is 15.0 Å². The summed E-state index contributed by atoms with van der Waals surface area (Å²) in [6.07, 6.45) is 1.53. The predicted molar refractivity (Wildman–Crippen MR) is 134 cm³/mol. The molecule has 2 aliphatic heterocycles. The maximum absolute atomic E-state index is 11.9. The molecule has 0 unspecified atom stereocenters. The first-order valence-electron chi connectivity index (χ1n) is 10.8. The Hall–Kier alpha value is -2.27. The lowest BCUT2D eigenvalue weighted by molar-refractivity contribution is 0.580. The van der Waals surface area contributed by atoms with Gasteiger partial charge in [0.2, 0.25) is 5.95 Å². The van der Waals surface area contributed by atoms with Crippen molar-refractivity contribution in [3.05, 3.63) is 40.1 Å². The molecule has 2 N–H and O–H groups in total. The summed E-state index contributed by atoms with van der Waals surface area (Å²) in [5.74, 6) is 3.32. The number of aromatic nitrogens is 4. The van der Waals surface area contributed by atoms with Gasteiger partial charge in [0.1, 0.15) is 17.4 Å². The molecule has 12 heteroatoms. The number of piperazine rings is 1. The van der Waals surface area contributed by atoms with Gasteiger partial charge in [-0.3, -0.25) is 4.21 Å². The first-order chi connectivity index (χ1) is 16.1. The van der Waals surface area contributed by atoms with Gasteiger partial charge < -0.3 is 20.4 Å². The molecule has 0 amide bonds. The minimum atomic E-state index is -0.779. The molecular formula is C21H24Cl2N8OS. The van der Waals surface area contributed by atoms with Crippen LogP contribution in [0.5, 0.6) is 0 Å². The number of hydrogen-bond donors (Lipinski definition) is 2. The molecule has 0 bridgehead atoms. The predicted octanol–water partition coefficient (Wildman–Crippen LogP) is 2.32. The highest BCUT2D eigenvalue weighted by Crippen LogP contribution is 2.30. The molecule has 4 heterocycles. The van der Waals surface area contributed by atoms with E-state index in [1.54, 1.807) is 6.07 Å². The lowest BCUT2D eigenvalue weighted by Gasteiger charge is -2.31. The van der Waals surface area contributed by atoms with Gasteiger partial charge in [0.05, 0.1) is 10.0 Å². The zero-order chi connectivity index (χ0) is 22.8. The fraction of sp³-hybridized carbons (Fsp3) is 0.429. The highest BCUT2D eigenvalue weighted by atomic mass is 35.5. The van der Waals surface area contributed by atoms with Crippen LogP contribution in [0, 0.1) is 0 Å². The average Bonchev–Trinajstić information content (AvgIpc) is 2.85. The van der Waals surface area contributed by atoms with Crippen LogP contribution in [0.15, 0.2) is 24.5 Å². The van der Waals surface area contributed by atoms with Gasteiger partial charge in [0, 0.05) is 68.1 Å². The second-order valence-corrected chi connectivity index (χ2v) is 10.5. The number of fused-ring (bicyclic) bond motifs is 1. The maximum Gasteiger partial charge on any atom is 0.228 e. The number of rotatable bonds is 5. The van der Waals surface area contributed by atoms with Crippen LogP contribution in [0.4, 0.5) is 17.6 Å². The highest BCUT2D eigenvalue weighted by Gasteiger charge is 2.24. The molecule has 0 aliphatic carbocycles. The molecule has 3 aromatic rings. The second kappa shape index (κ2) is 9.92. The zero-order valence-corrected chi connectivity index (χ0v) is 20.3. The third-order valence-electron chi connectivity index (χ3n) is 5.77. The van der Waals surface area contributed by atoms with E-state index in [9.17, 15) is 4.21 Å². The number of benzene rings is 1. The molecule has 2 saturated heterocycles. The van der Waals surface area contributed by atoms with E-state index in [-0.39, 0.29) is 0 Å². The normalized spacial score (nSPS) is 17.5. The lowest BCUT2D eigenvalue weighted by atomic mass is 10.2. The van der Waals surface area contributed by atoms with Crippen molar-refractivity contribution in [3.63, 3.8) is 0 Å².